The number of amides is 2. The maximum absolute atomic E-state index is 15.2. The fourth-order valence-electron chi connectivity index (χ4n) is 9.25. The highest BCUT2D eigenvalue weighted by Gasteiger charge is 2.65. The van der Waals surface area contributed by atoms with Gasteiger partial charge in [0, 0.05) is 60.7 Å². The van der Waals surface area contributed by atoms with Gasteiger partial charge in [-0.05, 0) is 106 Å². The van der Waals surface area contributed by atoms with Gasteiger partial charge in [0.15, 0.2) is 11.2 Å². The summed E-state index contributed by atoms with van der Waals surface area (Å²) in [6.07, 6.45) is 23.0. The molecule has 0 radical (unpaired) electrons. The Kier molecular flexibility index (Phi) is 11.8. The Morgan fingerprint density at radius 1 is 0.904 bits per heavy atom. The van der Waals surface area contributed by atoms with Gasteiger partial charge >= 0.3 is 0 Å². The molecule has 4 fully saturated rings. The first-order valence-electron chi connectivity index (χ1n) is 19.2. The highest BCUT2D eigenvalue weighted by molar-refractivity contribution is 7.81. The summed E-state index contributed by atoms with van der Waals surface area (Å²) in [5.41, 5.74) is 5.98. The predicted molar refractivity (Wildman–Crippen MR) is 210 cm³/mol. The molecule has 3 atom stereocenters. The Bertz CT molecular complexity index is 1820. The molecule has 1 aromatic heterocycles. The van der Waals surface area contributed by atoms with Gasteiger partial charge in [0.25, 0.3) is 5.91 Å². The molecule has 52 heavy (non-hydrogen) atoms. The lowest BCUT2D eigenvalue weighted by Crippen LogP contribution is -2.48. The average molecular weight is 728 g/mol. The lowest BCUT2D eigenvalue weighted by molar-refractivity contribution is -0.141. The molecule has 10 heteroatoms. The van der Waals surface area contributed by atoms with Gasteiger partial charge in [0.05, 0.1) is 18.2 Å². The maximum Gasteiger partial charge on any atom is 0.264 e. The van der Waals surface area contributed by atoms with E-state index in [4.69, 9.17) is 4.74 Å². The Labute approximate surface area is 312 Å². The molecule has 2 N–H and O–H groups in total. The molecule has 3 unspecified atom stereocenters. The average Bonchev–Trinajstić information content (AvgIpc) is 4.10. The molecular weight excluding hydrogens is 671 g/mol. The van der Waals surface area contributed by atoms with Crippen molar-refractivity contribution in [2.24, 2.45) is 5.41 Å². The van der Waals surface area contributed by atoms with Gasteiger partial charge in [-0.1, -0.05) is 44.6 Å². The number of nitrogens with zero attached hydrogens (tertiary/aromatic N) is 3. The van der Waals surface area contributed by atoms with E-state index in [-0.39, 0.29) is 11.8 Å². The number of carbonyl (C=O) groups excluding carboxylic acids is 2. The summed E-state index contributed by atoms with van der Waals surface area (Å²) in [6.45, 7) is 0.608. The third kappa shape index (κ3) is 7.16. The summed E-state index contributed by atoms with van der Waals surface area (Å²) < 4.78 is 24.9. The first-order valence-corrected chi connectivity index (χ1v) is 20.3. The van der Waals surface area contributed by atoms with Crippen LogP contribution in [0.5, 0.6) is 5.75 Å². The first kappa shape index (κ1) is 38.1. The van der Waals surface area contributed by atoms with Gasteiger partial charge in [-0.25, -0.2) is 8.51 Å². The van der Waals surface area contributed by atoms with Crippen molar-refractivity contribution in [3.8, 4) is 29.9 Å². The molecule has 2 heterocycles. The molecule has 8 rings (SSSR count). The Morgan fingerprint density at radius 2 is 1.54 bits per heavy atom. The Balaban J connectivity index is 0.000000884. The van der Waals surface area contributed by atoms with Crippen LogP contribution in [0.2, 0.25) is 0 Å². The third-order valence-electron chi connectivity index (χ3n) is 11.9. The zero-order valence-electron chi connectivity index (χ0n) is 31.7. The van der Waals surface area contributed by atoms with Crippen LogP contribution < -0.4 is 14.8 Å². The molecule has 4 aliphatic carbocycles. The zero-order valence-corrected chi connectivity index (χ0v) is 32.5. The molecule has 280 valence electrons. The molecule has 4 saturated carbocycles. The molecule has 2 amide bonds. The maximum atomic E-state index is 15.2. The lowest BCUT2D eigenvalue weighted by Gasteiger charge is -2.37. The minimum absolute atomic E-state index is 0.132. The van der Waals surface area contributed by atoms with Crippen LogP contribution in [0.15, 0.2) is 36.4 Å². The Hall–Kier alpha value is -3.65. The summed E-state index contributed by atoms with van der Waals surface area (Å²) in [5, 5.41) is 3.92. The fourth-order valence-corrected chi connectivity index (χ4v) is 9.71. The van der Waals surface area contributed by atoms with E-state index in [2.05, 4.69) is 56.6 Å². The molecule has 1 aliphatic heterocycles. The van der Waals surface area contributed by atoms with Crippen LogP contribution in [0.25, 0.3) is 22.2 Å². The van der Waals surface area contributed by atoms with Crippen molar-refractivity contribution >= 4 is 33.9 Å². The fraction of sp³-hybridized carbons (Fsp3) is 0.571. The van der Waals surface area contributed by atoms with Crippen LogP contribution in [0.1, 0.15) is 117 Å². The van der Waals surface area contributed by atoms with Gasteiger partial charge in [0.2, 0.25) is 5.91 Å². The molecule has 0 saturated heterocycles. The molecule has 0 spiro atoms. The van der Waals surface area contributed by atoms with Crippen LogP contribution in [0.3, 0.4) is 0 Å². The highest BCUT2D eigenvalue weighted by Crippen LogP contribution is 2.67. The van der Waals surface area contributed by atoms with Crippen molar-refractivity contribution < 1.29 is 18.5 Å². The minimum Gasteiger partial charge on any atom is -0.497 e. The second-order valence-electron chi connectivity index (χ2n) is 15.5. The van der Waals surface area contributed by atoms with E-state index in [9.17, 15) is 9.00 Å². The van der Waals surface area contributed by atoms with E-state index in [0.29, 0.717) is 36.0 Å². The topological polar surface area (TPSA) is 95.9 Å². The summed E-state index contributed by atoms with van der Waals surface area (Å²) in [7, 11) is 8.83. The monoisotopic (exact) mass is 727 g/mol. The molecule has 0 bridgehead atoms. The largest absolute Gasteiger partial charge is 0.497 e. The van der Waals surface area contributed by atoms with Gasteiger partial charge in [-0.2, -0.15) is 0 Å². The number of ether oxygens (including phenoxy) is 1. The third-order valence-corrected chi connectivity index (χ3v) is 12.9. The van der Waals surface area contributed by atoms with Crippen molar-refractivity contribution in [2.45, 2.75) is 114 Å². The molecule has 2 aromatic carbocycles. The van der Waals surface area contributed by atoms with Crippen molar-refractivity contribution in [1.82, 2.24) is 23.8 Å². The number of benzene rings is 2. The highest BCUT2D eigenvalue weighted by atomic mass is 32.2. The predicted octanol–water partition coefficient (Wildman–Crippen LogP) is 7.13. The number of rotatable bonds is 8. The van der Waals surface area contributed by atoms with Crippen molar-refractivity contribution in [3.63, 3.8) is 0 Å². The number of aromatic nitrogens is 1. The number of hydrogen-bond donors (Lipinski definition) is 2. The van der Waals surface area contributed by atoms with Gasteiger partial charge in [-0.3, -0.25) is 14.3 Å². The summed E-state index contributed by atoms with van der Waals surface area (Å²) >= 11 is -1.63. The minimum atomic E-state index is -1.63. The number of carbonyl (C=O) groups is 2. The number of fused-ring (bicyclic) bond motifs is 7. The summed E-state index contributed by atoms with van der Waals surface area (Å²) in [6, 6.07) is 13.2. The second-order valence-corrected chi connectivity index (χ2v) is 16.9. The van der Waals surface area contributed by atoms with Crippen molar-refractivity contribution in [3.05, 3.63) is 53.1 Å². The number of methoxy groups -OCH3 is 1. The molecule has 5 aliphatic rings. The van der Waals surface area contributed by atoms with E-state index < -0.39 is 16.6 Å². The standard InChI is InChI=1S/C38H48N4O4S.C2H7N.C2H2/c1-40(2)47(45)39-36(43)25-14-18-30-33(20-25)41-23-38(37(44)42(27-15-16-27)26-12-8-5-9-13-26)22-32(38)31-21-28(46-3)17-19-29(31)35(41)34(30)24-10-6-4-7-11-24;1-3-2;1-2/h14,17-21,24,26-27,32H,4-13,15-16,22-23H2,1-3H3,(H,39,43);3H,1-2H3;1-2H. The van der Waals surface area contributed by atoms with E-state index in [0.717, 1.165) is 56.2 Å². The molecule has 3 aromatic rings. The van der Waals surface area contributed by atoms with E-state index >= 15 is 4.79 Å². The number of hydrogen-bond acceptors (Lipinski definition) is 5. The van der Waals surface area contributed by atoms with Gasteiger partial charge in [0.1, 0.15) is 5.75 Å². The van der Waals surface area contributed by atoms with Crippen LogP contribution in [0, 0.1) is 18.3 Å². The van der Waals surface area contributed by atoms with E-state index in [1.165, 1.54) is 70.6 Å². The molecule has 9 nitrogen and oxygen atoms in total. The quantitative estimate of drug-likeness (QED) is 0.241. The van der Waals surface area contributed by atoms with Crippen molar-refractivity contribution in [2.75, 3.05) is 35.3 Å². The summed E-state index contributed by atoms with van der Waals surface area (Å²) in [4.78, 5) is 30.9. The number of terminal acetylenes is 1. The van der Waals surface area contributed by atoms with Gasteiger partial charge in [-0.15, -0.1) is 12.8 Å². The Morgan fingerprint density at radius 3 is 2.15 bits per heavy atom. The smallest absolute Gasteiger partial charge is 0.264 e. The summed E-state index contributed by atoms with van der Waals surface area (Å²) in [5.74, 6) is 1.37. The van der Waals surface area contributed by atoms with Crippen LogP contribution in [-0.4, -0.2) is 77.2 Å². The van der Waals surface area contributed by atoms with Crippen LogP contribution in [-0.2, 0) is 22.5 Å². The first-order chi connectivity index (χ1) is 25.2. The number of nitrogens with one attached hydrogen (secondary N) is 2. The SMILES string of the molecule is C#C.CNC.COc1ccc2c(c1)C1CC1(C(=O)N(C1CCCCC1)C1CC1)Cn1c-2c(C2CCCCC2)c2ccc(C(=O)NS(=O)N(C)C)cc21. The van der Waals surface area contributed by atoms with Crippen molar-refractivity contribution in [1.29, 1.82) is 0 Å². The van der Waals surface area contributed by atoms with Crippen LogP contribution in [0.4, 0.5) is 0 Å². The van der Waals surface area contributed by atoms with E-state index in [1.54, 1.807) is 21.2 Å². The molecular formula is C42H57N5O4S. The normalized spacial score (nSPS) is 23.0. The lowest BCUT2D eigenvalue weighted by atomic mass is 9.81. The zero-order chi connectivity index (χ0) is 37.2. The van der Waals surface area contributed by atoms with Gasteiger partial charge < -0.3 is 19.5 Å². The van der Waals surface area contributed by atoms with Crippen LogP contribution >= 0.6 is 0 Å². The second kappa shape index (κ2) is 16.2. The van der Waals surface area contributed by atoms with E-state index in [1.807, 2.05) is 26.2 Å².